The first-order valence-corrected chi connectivity index (χ1v) is 7.37. The smallest absolute Gasteiger partial charge is 0.335 e. The van der Waals surface area contributed by atoms with Crippen LogP contribution in [0.15, 0.2) is 35.7 Å². The number of carbonyl (C=O) groups is 1. The molecule has 0 saturated heterocycles. The molecule has 5 nitrogen and oxygen atoms in total. The minimum Gasteiger partial charge on any atom is -0.478 e. The second-order valence-corrected chi connectivity index (χ2v) is 5.69. The summed E-state index contributed by atoms with van der Waals surface area (Å²) in [6, 6.07) is 4.13. The highest BCUT2D eigenvalue weighted by Crippen LogP contribution is 2.18. The average molecular weight is 283 g/mol. The predicted molar refractivity (Wildman–Crippen MR) is 72.8 cm³/mol. The molecule has 0 heterocycles. The van der Waals surface area contributed by atoms with Gasteiger partial charge in [0.1, 0.15) is 0 Å². The third-order valence-electron chi connectivity index (χ3n) is 2.63. The Morgan fingerprint density at radius 1 is 1.47 bits per heavy atom. The highest BCUT2D eigenvalue weighted by Gasteiger charge is 2.19. The van der Waals surface area contributed by atoms with Gasteiger partial charge >= 0.3 is 5.97 Å². The zero-order chi connectivity index (χ0) is 14.5. The molecule has 1 aromatic rings. The van der Waals surface area contributed by atoms with Crippen LogP contribution in [0.25, 0.3) is 0 Å². The lowest BCUT2D eigenvalue weighted by molar-refractivity contribution is 0.0696. The molecule has 6 heteroatoms. The molecule has 0 bridgehead atoms. The van der Waals surface area contributed by atoms with Crippen LogP contribution in [0.1, 0.15) is 29.3 Å². The Kier molecular flexibility index (Phi) is 5.26. The number of aryl methyl sites for hydroxylation is 1. The maximum atomic E-state index is 12.1. The molecule has 0 aliphatic carbocycles. The van der Waals surface area contributed by atoms with Gasteiger partial charge in [-0.25, -0.2) is 17.9 Å². The van der Waals surface area contributed by atoms with Crippen molar-refractivity contribution in [1.29, 1.82) is 0 Å². The second kappa shape index (κ2) is 6.49. The minimum atomic E-state index is -3.69. The zero-order valence-corrected chi connectivity index (χ0v) is 11.5. The zero-order valence-electron chi connectivity index (χ0n) is 10.7. The molecule has 0 fully saturated rings. The molecule has 0 spiro atoms. The van der Waals surface area contributed by atoms with E-state index in [-0.39, 0.29) is 17.0 Å². The number of rotatable bonds is 7. The van der Waals surface area contributed by atoms with Crippen LogP contribution in [0.3, 0.4) is 0 Å². The fourth-order valence-electron chi connectivity index (χ4n) is 1.60. The van der Waals surface area contributed by atoms with Crippen molar-refractivity contribution in [2.45, 2.75) is 24.7 Å². The molecule has 0 atom stereocenters. The van der Waals surface area contributed by atoms with Crippen molar-refractivity contribution in [2.24, 2.45) is 0 Å². The Hall–Kier alpha value is -1.66. The Balaban J connectivity index is 3.18. The number of sulfonamides is 1. The van der Waals surface area contributed by atoms with Gasteiger partial charge in [0, 0.05) is 6.54 Å². The normalized spacial score (nSPS) is 11.2. The van der Waals surface area contributed by atoms with E-state index in [9.17, 15) is 13.2 Å². The van der Waals surface area contributed by atoms with Gasteiger partial charge in [-0.1, -0.05) is 19.1 Å². The van der Waals surface area contributed by atoms with Crippen LogP contribution in [0, 0.1) is 0 Å². The Morgan fingerprint density at radius 2 is 2.16 bits per heavy atom. The monoisotopic (exact) mass is 283 g/mol. The fraction of sp³-hybridized carbons (Fsp3) is 0.308. The van der Waals surface area contributed by atoms with E-state index < -0.39 is 16.0 Å². The van der Waals surface area contributed by atoms with E-state index in [1.54, 1.807) is 6.08 Å². The number of aromatic carboxylic acids is 1. The van der Waals surface area contributed by atoms with Gasteiger partial charge in [-0.2, -0.15) is 0 Å². The van der Waals surface area contributed by atoms with Crippen molar-refractivity contribution < 1.29 is 18.3 Å². The summed E-state index contributed by atoms with van der Waals surface area (Å²) >= 11 is 0. The number of carboxylic acids is 1. The first-order chi connectivity index (χ1) is 8.92. The van der Waals surface area contributed by atoms with Crippen molar-refractivity contribution in [3.63, 3.8) is 0 Å². The first kappa shape index (κ1) is 15.4. The van der Waals surface area contributed by atoms with Crippen LogP contribution >= 0.6 is 0 Å². The first-order valence-electron chi connectivity index (χ1n) is 5.89. The van der Waals surface area contributed by atoms with E-state index in [4.69, 9.17) is 5.11 Å². The van der Waals surface area contributed by atoms with Gasteiger partial charge in [-0.05, 0) is 30.5 Å². The lowest BCUT2D eigenvalue weighted by Gasteiger charge is -2.11. The molecule has 0 aromatic heterocycles. The minimum absolute atomic E-state index is 0.0268. The van der Waals surface area contributed by atoms with Gasteiger partial charge < -0.3 is 5.11 Å². The predicted octanol–water partition coefficient (Wildman–Crippen LogP) is 1.80. The number of hydrogen-bond donors (Lipinski definition) is 2. The topological polar surface area (TPSA) is 83.5 Å². The molecular formula is C13H17NO4S. The van der Waals surface area contributed by atoms with Crippen molar-refractivity contribution in [3.05, 3.63) is 42.0 Å². The summed E-state index contributed by atoms with van der Waals surface area (Å²) in [6.07, 6.45) is 2.63. The number of benzene rings is 1. The molecule has 1 aromatic carbocycles. The van der Waals surface area contributed by atoms with Gasteiger partial charge in [-0.15, -0.1) is 6.58 Å². The Labute approximate surface area is 113 Å². The summed E-state index contributed by atoms with van der Waals surface area (Å²) in [7, 11) is -3.69. The summed E-state index contributed by atoms with van der Waals surface area (Å²) < 4.78 is 26.7. The van der Waals surface area contributed by atoms with E-state index >= 15 is 0 Å². The SMILES string of the molecule is C=CCCNS(=O)(=O)c1cc(C(=O)O)ccc1CC. The molecular weight excluding hydrogens is 266 g/mol. The molecule has 19 heavy (non-hydrogen) atoms. The number of nitrogens with one attached hydrogen (secondary N) is 1. The van der Waals surface area contributed by atoms with E-state index in [0.717, 1.165) is 0 Å². The molecule has 0 radical (unpaired) electrons. The van der Waals surface area contributed by atoms with Gasteiger partial charge in [0.25, 0.3) is 0 Å². The summed E-state index contributed by atoms with van der Waals surface area (Å²) in [4.78, 5) is 10.9. The van der Waals surface area contributed by atoms with Crippen LogP contribution < -0.4 is 4.72 Å². The molecule has 0 unspecified atom stereocenters. The Bertz CT molecular complexity index is 578. The van der Waals surface area contributed by atoms with E-state index in [1.165, 1.54) is 18.2 Å². The van der Waals surface area contributed by atoms with Crippen LogP contribution in [0.5, 0.6) is 0 Å². The van der Waals surface area contributed by atoms with Crippen LogP contribution in [-0.2, 0) is 16.4 Å². The van der Waals surface area contributed by atoms with Gasteiger partial charge in [0.15, 0.2) is 0 Å². The Morgan fingerprint density at radius 3 is 2.68 bits per heavy atom. The van der Waals surface area contributed by atoms with Crippen LogP contribution in [-0.4, -0.2) is 26.0 Å². The fourth-order valence-corrected chi connectivity index (χ4v) is 2.98. The summed E-state index contributed by atoms with van der Waals surface area (Å²) in [6.45, 7) is 5.57. The number of carboxylic acid groups (broad SMARTS) is 1. The van der Waals surface area contributed by atoms with Crippen molar-refractivity contribution >= 4 is 16.0 Å². The summed E-state index contributed by atoms with van der Waals surface area (Å²) in [5, 5.41) is 8.92. The third-order valence-corrected chi connectivity index (χ3v) is 4.17. The molecule has 0 aliphatic heterocycles. The lowest BCUT2D eigenvalue weighted by atomic mass is 10.1. The molecule has 0 saturated carbocycles. The highest BCUT2D eigenvalue weighted by molar-refractivity contribution is 7.89. The largest absolute Gasteiger partial charge is 0.478 e. The molecule has 1 rings (SSSR count). The maximum Gasteiger partial charge on any atom is 0.335 e. The number of hydrogen-bond acceptors (Lipinski definition) is 3. The molecule has 0 aliphatic rings. The molecule has 104 valence electrons. The van der Waals surface area contributed by atoms with Crippen LogP contribution in [0.4, 0.5) is 0 Å². The average Bonchev–Trinajstić information content (AvgIpc) is 2.38. The highest BCUT2D eigenvalue weighted by atomic mass is 32.2. The van der Waals surface area contributed by atoms with E-state index in [0.29, 0.717) is 18.4 Å². The molecule has 2 N–H and O–H groups in total. The van der Waals surface area contributed by atoms with Gasteiger partial charge in [0.2, 0.25) is 10.0 Å². The van der Waals surface area contributed by atoms with Crippen molar-refractivity contribution in [3.8, 4) is 0 Å². The second-order valence-electron chi connectivity index (χ2n) is 3.96. The van der Waals surface area contributed by atoms with Crippen molar-refractivity contribution in [1.82, 2.24) is 4.72 Å². The summed E-state index contributed by atoms with van der Waals surface area (Å²) in [5.41, 5.74) is 0.553. The van der Waals surface area contributed by atoms with Crippen LogP contribution in [0.2, 0.25) is 0 Å². The summed E-state index contributed by atoms with van der Waals surface area (Å²) in [5.74, 6) is -1.15. The van der Waals surface area contributed by atoms with Crippen molar-refractivity contribution in [2.75, 3.05) is 6.54 Å². The van der Waals surface area contributed by atoms with E-state index in [2.05, 4.69) is 11.3 Å². The standard InChI is InChI=1S/C13H17NO4S/c1-3-5-8-14-19(17,18)12-9-11(13(15)16)7-6-10(12)4-2/h3,6-7,9,14H,1,4-5,8H2,2H3,(H,15,16). The quantitative estimate of drug-likeness (QED) is 0.590. The third kappa shape index (κ3) is 3.90. The molecule has 0 amide bonds. The van der Waals surface area contributed by atoms with E-state index in [1.807, 2.05) is 6.92 Å². The van der Waals surface area contributed by atoms with Gasteiger partial charge in [-0.3, -0.25) is 0 Å². The lowest BCUT2D eigenvalue weighted by Crippen LogP contribution is -2.25. The van der Waals surface area contributed by atoms with Gasteiger partial charge in [0.05, 0.1) is 10.5 Å². The maximum absolute atomic E-state index is 12.1.